The number of halogens is 1. The molecule has 7 nitrogen and oxygen atoms in total. The topological polar surface area (TPSA) is 72.1 Å². The maximum absolute atomic E-state index is 4.74. The van der Waals surface area contributed by atoms with Crippen LogP contribution in [0, 0.1) is 20.8 Å². The fourth-order valence-electron chi connectivity index (χ4n) is 3.25. The lowest BCUT2D eigenvalue weighted by Gasteiger charge is -2.18. The Morgan fingerprint density at radius 1 is 1.25 bits per heavy atom. The van der Waals surface area contributed by atoms with Gasteiger partial charge in [0.2, 0.25) is 0 Å². The maximum atomic E-state index is 4.74. The van der Waals surface area contributed by atoms with Crippen LogP contribution in [0.2, 0.25) is 0 Å². The first kappa shape index (κ1) is 24.5. The van der Waals surface area contributed by atoms with E-state index in [9.17, 15) is 0 Å². The molecule has 2 aromatic heterocycles. The summed E-state index contributed by atoms with van der Waals surface area (Å²) in [5.41, 5.74) is 3.67. The molecule has 2 rings (SSSR count). The molecular formula is C20H36IN7. The summed E-state index contributed by atoms with van der Waals surface area (Å²) in [5, 5.41) is 11.4. The molecule has 0 amide bonds. The van der Waals surface area contributed by atoms with Crippen molar-refractivity contribution in [3.05, 3.63) is 35.2 Å². The predicted octanol–water partition coefficient (Wildman–Crippen LogP) is 3.13. The molecule has 2 aromatic rings. The highest BCUT2D eigenvalue weighted by Crippen LogP contribution is 2.14. The lowest BCUT2D eigenvalue weighted by atomic mass is 10.1. The number of hydrogen-bond acceptors (Lipinski definition) is 3. The number of hydrogen-bond donors (Lipinski definition) is 2. The van der Waals surface area contributed by atoms with Crippen LogP contribution in [0.5, 0.6) is 0 Å². The molecule has 0 aromatic carbocycles. The number of nitrogens with one attached hydrogen (secondary N) is 2. The van der Waals surface area contributed by atoms with Crippen LogP contribution in [0.1, 0.15) is 49.5 Å². The highest BCUT2D eigenvalue weighted by atomic mass is 127. The Morgan fingerprint density at radius 2 is 2.00 bits per heavy atom. The Kier molecular flexibility index (Phi) is 10.6. The van der Waals surface area contributed by atoms with Crippen LogP contribution in [0.4, 0.5) is 0 Å². The minimum atomic E-state index is 0. The van der Waals surface area contributed by atoms with Gasteiger partial charge in [0.1, 0.15) is 5.82 Å². The lowest BCUT2D eigenvalue weighted by Crippen LogP contribution is -2.43. The number of aromatic nitrogens is 4. The van der Waals surface area contributed by atoms with E-state index >= 15 is 0 Å². The van der Waals surface area contributed by atoms with Crippen molar-refractivity contribution in [1.29, 1.82) is 0 Å². The molecule has 0 aliphatic carbocycles. The first-order valence-corrected chi connectivity index (χ1v) is 9.94. The van der Waals surface area contributed by atoms with Gasteiger partial charge in [0.25, 0.3) is 0 Å². The van der Waals surface area contributed by atoms with E-state index < -0.39 is 0 Å². The summed E-state index contributed by atoms with van der Waals surface area (Å²) < 4.78 is 4.15. The van der Waals surface area contributed by atoms with Crippen LogP contribution < -0.4 is 10.6 Å². The molecule has 1 atom stereocenters. The van der Waals surface area contributed by atoms with Gasteiger partial charge < -0.3 is 15.2 Å². The monoisotopic (exact) mass is 501 g/mol. The molecule has 0 bridgehead atoms. The first-order chi connectivity index (χ1) is 12.9. The van der Waals surface area contributed by atoms with Gasteiger partial charge in [0, 0.05) is 50.8 Å². The van der Waals surface area contributed by atoms with Crippen LogP contribution >= 0.6 is 24.0 Å². The van der Waals surface area contributed by atoms with Gasteiger partial charge in [-0.25, -0.2) is 4.98 Å². The van der Waals surface area contributed by atoms with E-state index in [0.717, 1.165) is 56.4 Å². The summed E-state index contributed by atoms with van der Waals surface area (Å²) in [5.74, 6) is 1.96. The summed E-state index contributed by atoms with van der Waals surface area (Å²) >= 11 is 0. The molecule has 1 unspecified atom stereocenters. The number of aryl methyl sites for hydroxylation is 4. The molecule has 28 heavy (non-hydrogen) atoms. The zero-order valence-electron chi connectivity index (χ0n) is 18.1. The molecule has 0 saturated carbocycles. The van der Waals surface area contributed by atoms with Crippen molar-refractivity contribution in [2.24, 2.45) is 12.0 Å². The number of nitrogens with zero attached hydrogens (tertiary/aromatic N) is 5. The zero-order valence-corrected chi connectivity index (χ0v) is 20.4. The van der Waals surface area contributed by atoms with E-state index in [2.05, 4.69) is 53.0 Å². The summed E-state index contributed by atoms with van der Waals surface area (Å²) in [6.07, 6.45) is 6.99. The standard InChI is InChI=1S/C20H35N7.HI/c1-7-21-20(23-10-8-9-12-27-13-11-22-18(27)5)24-15(2)14-19-16(3)25-26(6)17(19)4;/h11,13,15H,7-10,12,14H2,1-6H3,(H2,21,23,24);1H. The highest BCUT2D eigenvalue weighted by Gasteiger charge is 2.13. The fourth-order valence-corrected chi connectivity index (χ4v) is 3.25. The van der Waals surface area contributed by atoms with Crippen LogP contribution in [0.15, 0.2) is 17.4 Å². The van der Waals surface area contributed by atoms with Crippen molar-refractivity contribution in [2.45, 2.75) is 66.5 Å². The SMILES string of the molecule is CCNC(=NCCCCn1ccnc1C)NC(C)Cc1c(C)nn(C)c1C.I. The molecule has 2 heterocycles. The van der Waals surface area contributed by atoms with Gasteiger partial charge in [0.05, 0.1) is 5.69 Å². The number of imidazole rings is 1. The predicted molar refractivity (Wildman–Crippen MR) is 127 cm³/mol. The van der Waals surface area contributed by atoms with Crippen molar-refractivity contribution < 1.29 is 0 Å². The molecular weight excluding hydrogens is 465 g/mol. The zero-order chi connectivity index (χ0) is 19.8. The first-order valence-electron chi connectivity index (χ1n) is 9.94. The van der Waals surface area contributed by atoms with Gasteiger partial charge in [-0.15, -0.1) is 24.0 Å². The number of rotatable bonds is 9. The van der Waals surface area contributed by atoms with Gasteiger partial charge in [-0.2, -0.15) is 5.10 Å². The highest BCUT2D eigenvalue weighted by molar-refractivity contribution is 14.0. The molecule has 0 aliphatic heterocycles. The number of guanidine groups is 1. The molecule has 0 spiro atoms. The fraction of sp³-hybridized carbons (Fsp3) is 0.650. The average Bonchev–Trinajstić information content (AvgIpc) is 3.12. The van der Waals surface area contributed by atoms with Gasteiger partial charge in [-0.3, -0.25) is 9.67 Å². The van der Waals surface area contributed by atoms with Gasteiger partial charge in [0.15, 0.2) is 5.96 Å². The lowest BCUT2D eigenvalue weighted by molar-refractivity contribution is 0.596. The van der Waals surface area contributed by atoms with Crippen LogP contribution in [0.3, 0.4) is 0 Å². The van der Waals surface area contributed by atoms with Crippen molar-refractivity contribution in [1.82, 2.24) is 30.0 Å². The van der Waals surface area contributed by atoms with E-state index in [1.165, 1.54) is 11.3 Å². The second kappa shape index (κ2) is 12.1. The Bertz CT molecular complexity index is 748. The van der Waals surface area contributed by atoms with E-state index in [4.69, 9.17) is 4.99 Å². The van der Waals surface area contributed by atoms with Crippen LogP contribution in [-0.4, -0.2) is 44.4 Å². The minimum Gasteiger partial charge on any atom is -0.357 e. The quantitative estimate of drug-likeness (QED) is 0.240. The Labute approximate surface area is 186 Å². The van der Waals surface area contributed by atoms with Crippen LogP contribution in [0.25, 0.3) is 0 Å². The van der Waals surface area contributed by atoms with E-state index in [-0.39, 0.29) is 30.0 Å². The van der Waals surface area contributed by atoms with Gasteiger partial charge in [-0.05, 0) is 59.4 Å². The summed E-state index contributed by atoms with van der Waals surface area (Å²) in [4.78, 5) is 8.99. The second-order valence-corrected chi connectivity index (χ2v) is 7.16. The smallest absolute Gasteiger partial charge is 0.191 e. The van der Waals surface area contributed by atoms with Gasteiger partial charge >= 0.3 is 0 Å². The van der Waals surface area contributed by atoms with E-state index in [1.807, 2.05) is 31.0 Å². The molecule has 2 N–H and O–H groups in total. The van der Waals surface area contributed by atoms with Gasteiger partial charge in [-0.1, -0.05) is 0 Å². The van der Waals surface area contributed by atoms with E-state index in [0.29, 0.717) is 0 Å². The van der Waals surface area contributed by atoms with Crippen LogP contribution in [-0.2, 0) is 20.0 Å². The molecule has 0 fully saturated rings. The third-order valence-corrected chi connectivity index (χ3v) is 4.90. The largest absolute Gasteiger partial charge is 0.357 e. The van der Waals surface area contributed by atoms with Crippen molar-refractivity contribution in [2.75, 3.05) is 13.1 Å². The Hall–Kier alpha value is -1.58. The minimum absolute atomic E-state index is 0. The number of unbranched alkanes of at least 4 members (excludes halogenated alkanes) is 1. The normalized spacial score (nSPS) is 12.6. The maximum Gasteiger partial charge on any atom is 0.191 e. The van der Waals surface area contributed by atoms with Crippen molar-refractivity contribution >= 4 is 29.9 Å². The third-order valence-electron chi connectivity index (χ3n) is 4.90. The molecule has 158 valence electrons. The molecule has 8 heteroatoms. The third kappa shape index (κ3) is 7.10. The molecule has 0 radical (unpaired) electrons. The van der Waals surface area contributed by atoms with E-state index in [1.54, 1.807) is 0 Å². The molecule has 0 saturated heterocycles. The summed E-state index contributed by atoms with van der Waals surface area (Å²) in [6.45, 7) is 13.2. The van der Waals surface area contributed by atoms with Crippen molar-refractivity contribution in [3.63, 3.8) is 0 Å². The number of aliphatic imine (C=N–C) groups is 1. The Balaban J connectivity index is 0.00000392. The second-order valence-electron chi connectivity index (χ2n) is 7.16. The average molecular weight is 501 g/mol. The summed E-state index contributed by atoms with van der Waals surface area (Å²) in [6, 6.07) is 0.290. The van der Waals surface area contributed by atoms with Crippen molar-refractivity contribution in [3.8, 4) is 0 Å². The summed E-state index contributed by atoms with van der Waals surface area (Å²) in [7, 11) is 2.00. The molecule has 0 aliphatic rings. The Morgan fingerprint density at radius 3 is 2.57 bits per heavy atom.